The number of rotatable bonds is 8. The monoisotopic (exact) mass is 278 g/mol. The molecule has 0 aliphatic rings. The summed E-state index contributed by atoms with van der Waals surface area (Å²) in [5.74, 6) is 3.03. The highest BCUT2D eigenvalue weighted by Gasteiger charge is 2.18. The van der Waals surface area contributed by atoms with Crippen molar-refractivity contribution in [2.24, 2.45) is 0 Å². The molecule has 1 rings (SSSR count). The second kappa shape index (κ2) is 8.08. The number of aromatic nitrogens is 2. The van der Waals surface area contributed by atoms with Gasteiger partial charge >= 0.3 is 0 Å². The van der Waals surface area contributed by atoms with Crippen molar-refractivity contribution in [1.82, 2.24) is 9.97 Å². The number of aryl methyl sites for hydroxylation is 1. The Morgan fingerprint density at radius 1 is 1.15 bits per heavy atom. The highest BCUT2D eigenvalue weighted by Crippen LogP contribution is 2.26. The van der Waals surface area contributed by atoms with Gasteiger partial charge in [-0.05, 0) is 40.5 Å². The molecule has 1 heterocycles. The number of nitrogens with zero attached hydrogens (tertiary/aromatic N) is 3. The minimum Gasteiger partial charge on any atom is -0.370 e. The van der Waals surface area contributed by atoms with E-state index >= 15 is 0 Å². The summed E-state index contributed by atoms with van der Waals surface area (Å²) in [5, 5.41) is 3.37. The first-order chi connectivity index (χ1) is 9.58. The lowest BCUT2D eigenvalue weighted by Crippen LogP contribution is -2.34. The zero-order chi connectivity index (χ0) is 15.1. The van der Waals surface area contributed by atoms with Crippen molar-refractivity contribution in [1.29, 1.82) is 0 Å². The van der Waals surface area contributed by atoms with E-state index in [1.165, 1.54) is 0 Å². The van der Waals surface area contributed by atoms with Crippen molar-refractivity contribution >= 4 is 11.6 Å². The summed E-state index contributed by atoms with van der Waals surface area (Å²) >= 11 is 0. The minimum atomic E-state index is 0.498. The van der Waals surface area contributed by atoms with Crippen LogP contribution in [0.5, 0.6) is 0 Å². The third kappa shape index (κ3) is 3.84. The number of anilines is 2. The molecule has 0 bridgehead atoms. The molecular formula is C16H30N4. The fraction of sp³-hybridized carbons (Fsp3) is 0.750. The van der Waals surface area contributed by atoms with Crippen molar-refractivity contribution in [2.75, 3.05) is 23.3 Å². The molecule has 0 saturated heterocycles. The Morgan fingerprint density at radius 3 is 2.35 bits per heavy atom. The van der Waals surface area contributed by atoms with Gasteiger partial charge in [0, 0.05) is 31.1 Å². The highest BCUT2D eigenvalue weighted by molar-refractivity contribution is 5.59. The molecule has 20 heavy (non-hydrogen) atoms. The van der Waals surface area contributed by atoms with Gasteiger partial charge in [-0.15, -0.1) is 0 Å². The lowest BCUT2D eigenvalue weighted by atomic mass is 10.2. The van der Waals surface area contributed by atoms with Crippen LogP contribution in [0.2, 0.25) is 0 Å². The van der Waals surface area contributed by atoms with Crippen LogP contribution in [0.25, 0.3) is 0 Å². The fourth-order valence-electron chi connectivity index (χ4n) is 2.40. The molecule has 4 heteroatoms. The normalized spacial score (nSPS) is 12.3. The van der Waals surface area contributed by atoms with Gasteiger partial charge in [0.25, 0.3) is 0 Å². The summed E-state index contributed by atoms with van der Waals surface area (Å²) in [5.41, 5.74) is 1.16. The topological polar surface area (TPSA) is 41.1 Å². The summed E-state index contributed by atoms with van der Waals surface area (Å²) < 4.78 is 0. The van der Waals surface area contributed by atoms with Crippen molar-refractivity contribution in [3.05, 3.63) is 11.4 Å². The van der Waals surface area contributed by atoms with Crippen molar-refractivity contribution in [3.8, 4) is 0 Å². The maximum absolute atomic E-state index is 4.82. The maximum atomic E-state index is 4.82. The molecule has 0 spiro atoms. The summed E-state index contributed by atoms with van der Waals surface area (Å²) in [6.07, 6.45) is 3.13. The van der Waals surface area contributed by atoms with E-state index in [4.69, 9.17) is 4.98 Å². The number of nitrogens with one attached hydrogen (secondary N) is 1. The molecule has 0 aliphatic carbocycles. The highest BCUT2D eigenvalue weighted by atomic mass is 15.2. The Kier molecular flexibility index (Phi) is 6.76. The van der Waals surface area contributed by atoms with E-state index in [0.29, 0.717) is 6.04 Å². The Balaban J connectivity index is 3.26. The zero-order valence-corrected chi connectivity index (χ0v) is 14.0. The smallest absolute Gasteiger partial charge is 0.137 e. The molecule has 0 radical (unpaired) electrons. The van der Waals surface area contributed by atoms with Crippen LogP contribution in [0, 0.1) is 6.92 Å². The Bertz CT molecular complexity index is 417. The predicted octanol–water partition coefficient (Wildman–Crippen LogP) is 3.79. The van der Waals surface area contributed by atoms with Gasteiger partial charge in [-0.25, -0.2) is 9.97 Å². The van der Waals surface area contributed by atoms with E-state index in [-0.39, 0.29) is 0 Å². The predicted molar refractivity (Wildman–Crippen MR) is 87.7 cm³/mol. The van der Waals surface area contributed by atoms with Crippen LogP contribution >= 0.6 is 0 Å². The SMILES string of the molecule is CCCc1nc(NCC)c(C)c(N(CC)C(C)CC)n1. The van der Waals surface area contributed by atoms with E-state index in [1.54, 1.807) is 0 Å². The standard InChI is InChI=1S/C16H30N4/c1-7-11-14-18-15(17-9-3)13(6)16(19-14)20(10-4)12(5)8-2/h12H,7-11H2,1-6H3,(H,17,18,19). The third-order valence-electron chi connectivity index (χ3n) is 3.72. The van der Waals surface area contributed by atoms with Crippen LogP contribution in [0.1, 0.15) is 58.8 Å². The second-order valence-corrected chi connectivity index (χ2v) is 5.26. The van der Waals surface area contributed by atoms with Crippen molar-refractivity contribution in [2.45, 2.75) is 66.8 Å². The van der Waals surface area contributed by atoms with Gasteiger partial charge in [-0.1, -0.05) is 13.8 Å². The maximum Gasteiger partial charge on any atom is 0.137 e. The molecule has 0 aliphatic heterocycles. The average molecular weight is 278 g/mol. The van der Waals surface area contributed by atoms with Crippen LogP contribution < -0.4 is 10.2 Å². The van der Waals surface area contributed by atoms with E-state index in [0.717, 1.165) is 55.4 Å². The van der Waals surface area contributed by atoms with Crippen LogP contribution in [0.3, 0.4) is 0 Å². The molecule has 1 unspecified atom stereocenters. The van der Waals surface area contributed by atoms with Crippen molar-refractivity contribution in [3.63, 3.8) is 0 Å². The summed E-state index contributed by atoms with van der Waals surface area (Å²) in [4.78, 5) is 11.9. The molecule has 0 amide bonds. The first kappa shape index (κ1) is 16.7. The van der Waals surface area contributed by atoms with Gasteiger partial charge in [0.05, 0.1) is 0 Å². The van der Waals surface area contributed by atoms with Gasteiger partial charge in [0.15, 0.2) is 0 Å². The fourth-order valence-corrected chi connectivity index (χ4v) is 2.40. The van der Waals surface area contributed by atoms with Crippen LogP contribution in [-0.4, -0.2) is 29.1 Å². The molecule has 0 fully saturated rings. The number of hydrogen-bond donors (Lipinski definition) is 1. The number of hydrogen-bond acceptors (Lipinski definition) is 4. The molecule has 0 aromatic carbocycles. The molecule has 114 valence electrons. The van der Waals surface area contributed by atoms with E-state index in [2.05, 4.69) is 56.7 Å². The molecular weight excluding hydrogens is 248 g/mol. The summed E-state index contributed by atoms with van der Waals surface area (Å²) in [6.45, 7) is 14.9. The Hall–Kier alpha value is -1.32. The molecule has 0 saturated carbocycles. The van der Waals surface area contributed by atoms with E-state index < -0.39 is 0 Å². The first-order valence-corrected chi connectivity index (χ1v) is 7.96. The molecule has 1 aromatic rings. The van der Waals surface area contributed by atoms with E-state index in [9.17, 15) is 0 Å². The van der Waals surface area contributed by atoms with Gasteiger partial charge in [-0.2, -0.15) is 0 Å². The van der Waals surface area contributed by atoms with Crippen LogP contribution in [0.4, 0.5) is 11.6 Å². The van der Waals surface area contributed by atoms with E-state index in [1.807, 2.05) is 0 Å². The quantitative estimate of drug-likeness (QED) is 0.785. The van der Waals surface area contributed by atoms with Crippen molar-refractivity contribution < 1.29 is 0 Å². The van der Waals surface area contributed by atoms with Gasteiger partial charge < -0.3 is 10.2 Å². The van der Waals surface area contributed by atoms with Gasteiger partial charge in [0.2, 0.25) is 0 Å². The first-order valence-electron chi connectivity index (χ1n) is 7.96. The Morgan fingerprint density at radius 2 is 1.85 bits per heavy atom. The van der Waals surface area contributed by atoms with Gasteiger partial charge in [0.1, 0.15) is 17.5 Å². The van der Waals surface area contributed by atoms with Gasteiger partial charge in [-0.3, -0.25) is 0 Å². The molecule has 1 atom stereocenters. The summed E-state index contributed by atoms with van der Waals surface area (Å²) in [7, 11) is 0. The second-order valence-electron chi connectivity index (χ2n) is 5.26. The lowest BCUT2D eigenvalue weighted by Gasteiger charge is -2.30. The summed E-state index contributed by atoms with van der Waals surface area (Å²) in [6, 6.07) is 0.498. The average Bonchev–Trinajstić information content (AvgIpc) is 2.44. The third-order valence-corrected chi connectivity index (χ3v) is 3.72. The lowest BCUT2D eigenvalue weighted by molar-refractivity contribution is 0.618. The molecule has 1 N–H and O–H groups in total. The zero-order valence-electron chi connectivity index (χ0n) is 14.0. The molecule has 4 nitrogen and oxygen atoms in total. The minimum absolute atomic E-state index is 0.498. The van der Waals surface area contributed by atoms with Crippen LogP contribution in [0.15, 0.2) is 0 Å². The largest absolute Gasteiger partial charge is 0.370 e. The Labute approximate surface area is 124 Å². The molecule has 1 aromatic heterocycles. The van der Waals surface area contributed by atoms with Crippen LogP contribution in [-0.2, 0) is 6.42 Å².